The van der Waals surface area contributed by atoms with Crippen LogP contribution in [-0.2, 0) is 12.6 Å². The number of halogens is 3. The first-order valence-corrected chi connectivity index (χ1v) is 6.63. The molecule has 0 fully saturated rings. The lowest BCUT2D eigenvalue weighted by atomic mass is 10.1. The van der Waals surface area contributed by atoms with E-state index in [-0.39, 0.29) is 0 Å². The van der Waals surface area contributed by atoms with Gasteiger partial charge in [0, 0.05) is 12.6 Å². The molecule has 2 heterocycles. The molecule has 3 nitrogen and oxygen atoms in total. The predicted molar refractivity (Wildman–Crippen MR) is 76.0 cm³/mol. The minimum atomic E-state index is -4.31. The van der Waals surface area contributed by atoms with Crippen LogP contribution < -0.4 is 4.74 Å². The number of nitrogens with zero attached hydrogens (tertiary/aromatic N) is 2. The van der Waals surface area contributed by atoms with E-state index in [4.69, 9.17) is 4.74 Å². The van der Waals surface area contributed by atoms with Crippen molar-refractivity contribution >= 4 is 5.65 Å². The van der Waals surface area contributed by atoms with E-state index in [0.29, 0.717) is 12.2 Å². The van der Waals surface area contributed by atoms with Gasteiger partial charge in [-0.25, -0.2) is 4.98 Å². The Labute approximate surface area is 125 Å². The Kier molecular flexibility index (Phi) is 3.52. The van der Waals surface area contributed by atoms with Crippen LogP contribution in [0.1, 0.15) is 16.8 Å². The number of rotatable bonds is 3. The summed E-state index contributed by atoms with van der Waals surface area (Å²) in [5.74, 6) is 0.714. The topological polar surface area (TPSA) is 26.5 Å². The molecule has 114 valence electrons. The van der Waals surface area contributed by atoms with Crippen molar-refractivity contribution in [2.45, 2.75) is 12.6 Å². The number of hydrogen-bond donors (Lipinski definition) is 0. The fourth-order valence-corrected chi connectivity index (χ4v) is 2.25. The van der Waals surface area contributed by atoms with Gasteiger partial charge in [-0.3, -0.25) is 0 Å². The Bertz CT molecular complexity index is 791. The summed E-state index contributed by atoms with van der Waals surface area (Å²) < 4.78 is 44.6. The fourth-order valence-electron chi connectivity index (χ4n) is 2.25. The molecular weight excluding hydrogens is 293 g/mol. The number of ether oxygens (including phenoxy) is 1. The van der Waals surface area contributed by atoms with E-state index in [0.717, 1.165) is 29.0 Å². The van der Waals surface area contributed by atoms with Gasteiger partial charge < -0.3 is 9.14 Å². The second-order valence-electron chi connectivity index (χ2n) is 4.94. The highest BCUT2D eigenvalue weighted by atomic mass is 19.4. The maximum Gasteiger partial charge on any atom is 0.416 e. The highest BCUT2D eigenvalue weighted by Crippen LogP contribution is 2.29. The van der Waals surface area contributed by atoms with Gasteiger partial charge in [-0.15, -0.1) is 0 Å². The zero-order chi connectivity index (χ0) is 15.7. The number of pyridine rings is 1. The summed E-state index contributed by atoms with van der Waals surface area (Å²) >= 11 is 0. The number of benzene rings is 1. The highest BCUT2D eigenvalue weighted by molar-refractivity contribution is 5.44. The predicted octanol–water partition coefficient (Wildman–Crippen LogP) is 3.95. The van der Waals surface area contributed by atoms with Crippen LogP contribution in [0.15, 0.2) is 48.8 Å². The lowest BCUT2D eigenvalue weighted by molar-refractivity contribution is -0.137. The van der Waals surface area contributed by atoms with Gasteiger partial charge in [-0.05, 0) is 29.8 Å². The van der Waals surface area contributed by atoms with Gasteiger partial charge >= 0.3 is 6.18 Å². The normalized spacial score (nSPS) is 11.8. The number of alkyl halides is 3. The van der Waals surface area contributed by atoms with E-state index in [1.54, 1.807) is 13.3 Å². The standard InChI is InChI=1S/C16H13F3N2O/c1-22-14-6-7-15-20-13(9-21(15)10-14)8-11-2-4-12(5-3-11)16(17,18)19/h2-7,9-10H,8H2,1H3. The minimum absolute atomic E-state index is 0.474. The SMILES string of the molecule is COc1ccc2nc(Cc3ccc(C(F)(F)F)cc3)cn2c1. The molecule has 6 heteroatoms. The Morgan fingerprint density at radius 2 is 1.77 bits per heavy atom. The molecule has 0 N–H and O–H groups in total. The molecule has 0 bridgehead atoms. The number of aromatic nitrogens is 2. The van der Waals surface area contributed by atoms with Crippen LogP contribution in [0.25, 0.3) is 5.65 Å². The monoisotopic (exact) mass is 306 g/mol. The molecule has 0 unspecified atom stereocenters. The van der Waals surface area contributed by atoms with Gasteiger partial charge in [0.15, 0.2) is 0 Å². The molecule has 22 heavy (non-hydrogen) atoms. The Balaban J connectivity index is 1.83. The lowest BCUT2D eigenvalue weighted by Gasteiger charge is -2.06. The third kappa shape index (κ3) is 2.90. The van der Waals surface area contributed by atoms with Gasteiger partial charge in [0.2, 0.25) is 0 Å². The quantitative estimate of drug-likeness (QED) is 0.732. The second kappa shape index (κ2) is 5.36. The third-order valence-electron chi connectivity index (χ3n) is 3.38. The van der Waals surface area contributed by atoms with Crippen LogP contribution in [0, 0.1) is 0 Å². The average molecular weight is 306 g/mol. The number of fused-ring (bicyclic) bond motifs is 1. The largest absolute Gasteiger partial charge is 0.495 e. The minimum Gasteiger partial charge on any atom is -0.495 e. The molecule has 0 aliphatic rings. The lowest BCUT2D eigenvalue weighted by Crippen LogP contribution is -2.04. The molecule has 0 amide bonds. The summed E-state index contributed by atoms with van der Waals surface area (Å²) in [5, 5.41) is 0. The first-order chi connectivity index (χ1) is 10.5. The van der Waals surface area contributed by atoms with Crippen molar-refractivity contribution < 1.29 is 17.9 Å². The molecule has 0 aliphatic heterocycles. The molecule has 0 atom stereocenters. The second-order valence-corrected chi connectivity index (χ2v) is 4.94. The van der Waals surface area contributed by atoms with Crippen molar-refractivity contribution in [3.8, 4) is 5.75 Å². The fraction of sp³-hybridized carbons (Fsp3) is 0.188. The molecule has 2 aromatic heterocycles. The van der Waals surface area contributed by atoms with Crippen LogP contribution in [0.2, 0.25) is 0 Å². The molecule has 0 spiro atoms. The first kappa shape index (κ1) is 14.4. The molecular formula is C16H13F3N2O. The van der Waals surface area contributed by atoms with E-state index < -0.39 is 11.7 Å². The summed E-state index contributed by atoms with van der Waals surface area (Å²) in [5.41, 5.74) is 1.69. The Morgan fingerprint density at radius 3 is 2.41 bits per heavy atom. The maximum absolute atomic E-state index is 12.5. The summed E-state index contributed by atoms with van der Waals surface area (Å²) in [6.45, 7) is 0. The van der Waals surface area contributed by atoms with Crippen LogP contribution in [0.3, 0.4) is 0 Å². The van der Waals surface area contributed by atoms with Gasteiger partial charge in [0.25, 0.3) is 0 Å². The van der Waals surface area contributed by atoms with Crippen molar-refractivity contribution in [1.29, 1.82) is 0 Å². The van der Waals surface area contributed by atoms with E-state index in [2.05, 4.69) is 4.98 Å². The number of hydrogen-bond acceptors (Lipinski definition) is 2. The molecule has 0 saturated carbocycles. The van der Waals surface area contributed by atoms with Crippen molar-refractivity contribution in [2.24, 2.45) is 0 Å². The molecule has 3 rings (SSSR count). The molecule has 0 saturated heterocycles. The van der Waals surface area contributed by atoms with Crippen molar-refractivity contribution in [3.63, 3.8) is 0 Å². The molecule has 0 radical (unpaired) electrons. The van der Waals surface area contributed by atoms with Crippen LogP contribution in [0.4, 0.5) is 13.2 Å². The zero-order valence-corrected chi connectivity index (χ0v) is 11.8. The molecule has 3 aromatic rings. The summed E-state index contributed by atoms with van der Waals surface area (Å²) in [4.78, 5) is 4.44. The van der Waals surface area contributed by atoms with Crippen molar-refractivity contribution in [2.75, 3.05) is 7.11 Å². The van der Waals surface area contributed by atoms with Crippen LogP contribution in [-0.4, -0.2) is 16.5 Å². The zero-order valence-electron chi connectivity index (χ0n) is 11.8. The first-order valence-electron chi connectivity index (χ1n) is 6.63. The maximum atomic E-state index is 12.5. The van der Waals surface area contributed by atoms with E-state index >= 15 is 0 Å². The van der Waals surface area contributed by atoms with Crippen LogP contribution >= 0.6 is 0 Å². The van der Waals surface area contributed by atoms with Gasteiger partial charge in [0.1, 0.15) is 11.4 Å². The number of methoxy groups -OCH3 is 1. The summed E-state index contributed by atoms with van der Waals surface area (Å²) in [6, 6.07) is 8.78. The van der Waals surface area contributed by atoms with Crippen LogP contribution in [0.5, 0.6) is 5.75 Å². The van der Waals surface area contributed by atoms with Gasteiger partial charge in [-0.2, -0.15) is 13.2 Å². The highest BCUT2D eigenvalue weighted by Gasteiger charge is 2.29. The molecule has 1 aromatic carbocycles. The average Bonchev–Trinajstić information content (AvgIpc) is 2.88. The van der Waals surface area contributed by atoms with Crippen molar-refractivity contribution in [3.05, 3.63) is 65.6 Å². The molecule has 0 aliphatic carbocycles. The smallest absolute Gasteiger partial charge is 0.416 e. The van der Waals surface area contributed by atoms with E-state index in [1.807, 2.05) is 22.7 Å². The number of imidazole rings is 1. The van der Waals surface area contributed by atoms with E-state index in [9.17, 15) is 13.2 Å². The third-order valence-corrected chi connectivity index (χ3v) is 3.38. The van der Waals surface area contributed by atoms with Gasteiger partial charge in [0.05, 0.1) is 24.6 Å². The Hall–Kier alpha value is -2.50. The summed E-state index contributed by atoms with van der Waals surface area (Å²) in [6.07, 6.45) is -0.186. The Morgan fingerprint density at radius 1 is 1.05 bits per heavy atom. The van der Waals surface area contributed by atoms with Crippen molar-refractivity contribution in [1.82, 2.24) is 9.38 Å². The van der Waals surface area contributed by atoms with Gasteiger partial charge in [-0.1, -0.05) is 12.1 Å². The van der Waals surface area contributed by atoms with E-state index in [1.165, 1.54) is 12.1 Å². The summed E-state index contributed by atoms with van der Waals surface area (Å²) in [7, 11) is 1.58.